The Morgan fingerprint density at radius 2 is 1.09 bits per heavy atom. The second-order valence-electron chi connectivity index (χ2n) is 11.4. The van der Waals surface area contributed by atoms with Crippen LogP contribution in [0.25, 0.3) is 0 Å². The Kier molecular flexibility index (Phi) is 16.0. The van der Waals surface area contributed by atoms with Gasteiger partial charge in [0.1, 0.15) is 0 Å². The summed E-state index contributed by atoms with van der Waals surface area (Å²) < 4.78 is 0. The highest BCUT2D eigenvalue weighted by Gasteiger charge is 2.35. The van der Waals surface area contributed by atoms with Crippen molar-refractivity contribution >= 4 is 11.8 Å². The molecule has 0 spiro atoms. The topological polar surface area (TPSA) is 83.6 Å². The van der Waals surface area contributed by atoms with Gasteiger partial charge in [0.2, 0.25) is 0 Å². The van der Waals surface area contributed by atoms with Crippen molar-refractivity contribution < 1.29 is 14.7 Å². The van der Waals surface area contributed by atoms with Crippen LogP contribution in [0.2, 0.25) is 0 Å². The summed E-state index contributed by atoms with van der Waals surface area (Å²) in [4.78, 5) is 25.7. The number of carbonyl (C=O) groups excluding carboxylic acids is 2. The zero-order chi connectivity index (χ0) is 26.4. The molecule has 0 unspecified atom stereocenters. The Labute approximate surface area is 209 Å². The maximum absolute atomic E-state index is 12.1. The molecule has 1 aliphatic heterocycles. The van der Waals surface area contributed by atoms with Crippen molar-refractivity contribution in [3.05, 3.63) is 35.4 Å². The lowest BCUT2D eigenvalue weighted by Crippen LogP contribution is -2.34. The SMILES string of the molecule is CC(C)C[C@H](C)CN.CC(C)C[C@H](C)CN1C(=O)c2ccccc2C1=O.CC(C)C[C@H](C)CO. The van der Waals surface area contributed by atoms with Gasteiger partial charge in [0.25, 0.3) is 11.8 Å². The van der Waals surface area contributed by atoms with Crippen molar-refractivity contribution in [2.45, 2.75) is 81.6 Å². The van der Waals surface area contributed by atoms with Crippen LogP contribution in [0.3, 0.4) is 0 Å². The fourth-order valence-corrected chi connectivity index (χ4v) is 4.38. The summed E-state index contributed by atoms with van der Waals surface area (Å²) in [7, 11) is 0. The minimum atomic E-state index is -0.147. The van der Waals surface area contributed by atoms with Crippen molar-refractivity contribution in [2.75, 3.05) is 19.7 Å². The Hall–Kier alpha value is -1.72. The monoisotopic (exact) mass is 476 g/mol. The minimum absolute atomic E-state index is 0.147. The van der Waals surface area contributed by atoms with Crippen molar-refractivity contribution in [1.29, 1.82) is 0 Å². The quantitative estimate of drug-likeness (QED) is 0.391. The molecule has 0 saturated carbocycles. The molecule has 1 aromatic rings. The van der Waals surface area contributed by atoms with Crippen LogP contribution in [0.15, 0.2) is 24.3 Å². The zero-order valence-corrected chi connectivity index (χ0v) is 23.3. The lowest BCUT2D eigenvalue weighted by molar-refractivity contribution is 0.0627. The van der Waals surface area contributed by atoms with Crippen LogP contribution in [-0.4, -0.2) is 41.5 Å². The van der Waals surface area contributed by atoms with Gasteiger partial charge < -0.3 is 10.8 Å². The molecule has 0 saturated heterocycles. The van der Waals surface area contributed by atoms with E-state index in [0.717, 1.165) is 31.2 Å². The van der Waals surface area contributed by atoms with Gasteiger partial charge >= 0.3 is 0 Å². The van der Waals surface area contributed by atoms with Gasteiger partial charge in [0.05, 0.1) is 11.1 Å². The number of amides is 2. The minimum Gasteiger partial charge on any atom is -0.396 e. The number of hydrogen-bond acceptors (Lipinski definition) is 4. The molecule has 1 heterocycles. The number of benzene rings is 1. The third-order valence-electron chi connectivity index (χ3n) is 5.71. The summed E-state index contributed by atoms with van der Waals surface area (Å²) in [6.45, 7) is 21.1. The van der Waals surface area contributed by atoms with E-state index >= 15 is 0 Å². The number of rotatable bonds is 10. The third-order valence-corrected chi connectivity index (χ3v) is 5.71. The first-order valence-corrected chi connectivity index (χ1v) is 13.1. The smallest absolute Gasteiger partial charge is 0.261 e. The van der Waals surface area contributed by atoms with Gasteiger partial charge in [-0.15, -0.1) is 0 Å². The van der Waals surface area contributed by atoms with E-state index in [-0.39, 0.29) is 11.8 Å². The molecule has 196 valence electrons. The highest BCUT2D eigenvalue weighted by molar-refractivity contribution is 6.21. The maximum atomic E-state index is 12.1. The van der Waals surface area contributed by atoms with Crippen molar-refractivity contribution in [3.63, 3.8) is 0 Å². The summed E-state index contributed by atoms with van der Waals surface area (Å²) in [6, 6.07) is 7.04. The zero-order valence-electron chi connectivity index (χ0n) is 23.3. The molecule has 0 radical (unpaired) electrons. The highest BCUT2D eigenvalue weighted by atomic mass is 16.3. The van der Waals surface area contributed by atoms with E-state index in [9.17, 15) is 9.59 Å². The molecule has 5 nitrogen and oxygen atoms in total. The average Bonchev–Trinajstić information content (AvgIpc) is 2.98. The van der Waals surface area contributed by atoms with Gasteiger partial charge in [0, 0.05) is 13.2 Å². The number of fused-ring (bicyclic) bond motifs is 1. The van der Waals surface area contributed by atoms with Gasteiger partial charge in [-0.25, -0.2) is 0 Å². The summed E-state index contributed by atoms with van der Waals surface area (Å²) >= 11 is 0. The number of nitrogens with zero attached hydrogens (tertiary/aromatic N) is 1. The van der Waals surface area contributed by atoms with Gasteiger partial charge in [-0.1, -0.05) is 74.4 Å². The van der Waals surface area contributed by atoms with E-state index in [0.29, 0.717) is 48.0 Å². The van der Waals surface area contributed by atoms with Gasteiger partial charge in [-0.2, -0.15) is 0 Å². The van der Waals surface area contributed by atoms with E-state index in [1.54, 1.807) is 24.3 Å². The van der Waals surface area contributed by atoms with Crippen LogP contribution < -0.4 is 5.73 Å². The molecular formula is C29H52N2O3. The first-order valence-electron chi connectivity index (χ1n) is 13.1. The van der Waals surface area contributed by atoms with E-state index in [1.165, 1.54) is 11.3 Å². The highest BCUT2D eigenvalue weighted by Crippen LogP contribution is 2.24. The maximum Gasteiger partial charge on any atom is 0.261 e. The van der Waals surface area contributed by atoms with E-state index in [4.69, 9.17) is 10.8 Å². The predicted molar refractivity (Wildman–Crippen MR) is 144 cm³/mol. The normalized spacial score (nSPS) is 15.5. The Morgan fingerprint density at radius 1 is 0.706 bits per heavy atom. The molecule has 0 aromatic heterocycles. The van der Waals surface area contributed by atoms with Crippen LogP contribution in [0.5, 0.6) is 0 Å². The van der Waals surface area contributed by atoms with Crippen LogP contribution in [0, 0.1) is 35.5 Å². The van der Waals surface area contributed by atoms with Gasteiger partial charge in [-0.3, -0.25) is 14.5 Å². The molecule has 1 aliphatic rings. The van der Waals surface area contributed by atoms with Crippen molar-refractivity contribution in [1.82, 2.24) is 4.90 Å². The number of nitrogens with two attached hydrogens (primary N) is 1. The Morgan fingerprint density at radius 3 is 1.38 bits per heavy atom. The Bertz CT molecular complexity index is 664. The molecule has 0 aliphatic carbocycles. The molecule has 34 heavy (non-hydrogen) atoms. The Balaban J connectivity index is 0.000000570. The summed E-state index contributed by atoms with van der Waals surface area (Å²) in [5.74, 6) is 3.33. The van der Waals surface area contributed by atoms with Crippen LogP contribution in [0.1, 0.15) is 102 Å². The summed E-state index contributed by atoms with van der Waals surface area (Å²) in [5, 5.41) is 8.58. The third kappa shape index (κ3) is 12.7. The predicted octanol–water partition coefficient (Wildman–Crippen LogP) is 6.25. The average molecular weight is 477 g/mol. The number of carbonyl (C=O) groups is 2. The van der Waals surface area contributed by atoms with Gasteiger partial charge in [-0.05, 0) is 73.4 Å². The van der Waals surface area contributed by atoms with Gasteiger partial charge in [0.15, 0.2) is 0 Å². The lowest BCUT2D eigenvalue weighted by atomic mass is 9.98. The molecule has 2 amide bonds. The van der Waals surface area contributed by atoms with Crippen LogP contribution in [-0.2, 0) is 0 Å². The van der Waals surface area contributed by atoms with E-state index in [2.05, 4.69) is 62.3 Å². The molecule has 1 aromatic carbocycles. The first kappa shape index (κ1) is 32.3. The molecule has 0 bridgehead atoms. The fourth-order valence-electron chi connectivity index (χ4n) is 4.38. The number of aliphatic hydroxyl groups excluding tert-OH is 1. The standard InChI is InChI=1S/C15H19NO2.C7H17N.C7H16O/c1-10(2)8-11(3)9-16-14(17)12-6-4-5-7-13(12)15(16)18;2*1-6(2)4-7(3)5-8/h4-7,10-11H,8-9H2,1-3H3;6-7H,4-5,8H2,1-3H3;6-8H,4-5H2,1-3H3/t11-;2*7-/m000/s1. The summed E-state index contributed by atoms with van der Waals surface area (Å²) in [6.07, 6.45) is 3.42. The molecule has 0 fully saturated rings. The fraction of sp³-hybridized carbons (Fsp3) is 0.724. The first-order chi connectivity index (χ1) is 15.8. The second-order valence-corrected chi connectivity index (χ2v) is 11.4. The van der Waals surface area contributed by atoms with Crippen molar-refractivity contribution in [2.24, 2.45) is 41.2 Å². The van der Waals surface area contributed by atoms with Crippen LogP contribution >= 0.6 is 0 Å². The molecule has 5 heteroatoms. The number of aliphatic hydroxyl groups is 1. The number of imide groups is 1. The molecule has 3 atom stereocenters. The van der Waals surface area contributed by atoms with E-state index in [1.807, 2.05) is 0 Å². The number of hydrogen-bond donors (Lipinski definition) is 2. The molecular weight excluding hydrogens is 424 g/mol. The molecule has 3 N–H and O–H groups in total. The largest absolute Gasteiger partial charge is 0.396 e. The molecule has 2 rings (SSSR count). The van der Waals surface area contributed by atoms with E-state index < -0.39 is 0 Å². The second kappa shape index (κ2) is 16.8. The lowest BCUT2D eigenvalue weighted by Gasteiger charge is -2.20. The van der Waals surface area contributed by atoms with Crippen molar-refractivity contribution in [3.8, 4) is 0 Å². The summed E-state index contributed by atoms with van der Waals surface area (Å²) in [5.41, 5.74) is 6.50. The van der Waals surface area contributed by atoms with Crippen LogP contribution in [0.4, 0.5) is 0 Å².